The molecular weight excluding hydrogens is 1080 g/mol. The predicted octanol–water partition coefficient (Wildman–Crippen LogP) is 6.02. The van der Waals surface area contributed by atoms with E-state index in [1.54, 1.807) is 19.2 Å². The van der Waals surface area contributed by atoms with Crippen molar-refractivity contribution < 1.29 is 72.6 Å². The summed E-state index contributed by atoms with van der Waals surface area (Å²) in [6.45, 7) is 3.63. The van der Waals surface area contributed by atoms with Crippen molar-refractivity contribution in [2.24, 2.45) is 23.5 Å². The van der Waals surface area contributed by atoms with Crippen LogP contribution in [-0.4, -0.2) is 167 Å². The van der Waals surface area contributed by atoms with Gasteiger partial charge < -0.3 is 71.9 Å². The van der Waals surface area contributed by atoms with Crippen LogP contribution in [0.3, 0.4) is 0 Å². The maximum absolute atomic E-state index is 13.0. The number of unbranched alkanes of at least 4 members (excludes halogenated alkanes) is 17. The molecular formula is C62H107N7O15. The van der Waals surface area contributed by atoms with Crippen LogP contribution in [-0.2, 0) is 63.7 Å². The zero-order chi connectivity index (χ0) is 61.3. The Morgan fingerprint density at radius 3 is 1.55 bits per heavy atom. The smallest absolute Gasteiger partial charge is 0.326 e. The van der Waals surface area contributed by atoms with Crippen molar-refractivity contribution in [1.82, 2.24) is 31.9 Å². The van der Waals surface area contributed by atoms with E-state index in [-0.39, 0.29) is 126 Å². The number of aliphatic carboxylic acids is 2. The van der Waals surface area contributed by atoms with E-state index in [9.17, 15) is 48.6 Å². The van der Waals surface area contributed by atoms with Crippen molar-refractivity contribution in [2.45, 2.75) is 198 Å². The summed E-state index contributed by atoms with van der Waals surface area (Å²) < 4.78 is 21.6. The van der Waals surface area contributed by atoms with Crippen molar-refractivity contribution in [3.8, 4) is 5.75 Å². The fourth-order valence-corrected chi connectivity index (χ4v) is 10.2. The molecule has 22 heteroatoms. The number of hydrogen-bond acceptors (Lipinski definition) is 15. The molecule has 1 fully saturated rings. The number of carbonyl (C=O) groups is 8. The highest BCUT2D eigenvalue weighted by Gasteiger charge is 2.30. The lowest BCUT2D eigenvalue weighted by Gasteiger charge is -2.29. The highest BCUT2D eigenvalue weighted by atomic mass is 16.5. The number of rotatable bonds is 56. The maximum Gasteiger partial charge on any atom is 0.326 e. The minimum atomic E-state index is -1.17. The SMILES string of the molecule is CN[C@@H](CCCCNC(=O)COCCOCCNC(=O)COCCOCCNC(=O)CC[C@H](NC(=O)[C@H]1CC[C@H](CNCCCCCCCCCCCCCCCCCCCC(=O)O)CC1)C(=O)O)C(=O)C[C@@H](Cc1ccc(O)cc1)C(N)=O. The number of phenols is 1. The minimum Gasteiger partial charge on any atom is -0.508 e. The lowest BCUT2D eigenvalue weighted by molar-refractivity contribution is -0.143. The summed E-state index contributed by atoms with van der Waals surface area (Å²) in [6, 6.07) is 4.82. The number of primary amides is 1. The number of carboxylic acids is 2. The van der Waals surface area contributed by atoms with Gasteiger partial charge in [0.05, 0.1) is 45.7 Å². The normalized spacial score (nSPS) is 15.2. The number of carboxylic acid groups (broad SMARTS) is 2. The molecule has 480 valence electrons. The first-order chi connectivity index (χ1) is 40.7. The summed E-state index contributed by atoms with van der Waals surface area (Å²) >= 11 is 0. The molecule has 0 spiro atoms. The van der Waals surface area contributed by atoms with Gasteiger partial charge in [0.25, 0.3) is 0 Å². The van der Waals surface area contributed by atoms with Gasteiger partial charge >= 0.3 is 11.9 Å². The summed E-state index contributed by atoms with van der Waals surface area (Å²) in [7, 11) is 1.68. The summed E-state index contributed by atoms with van der Waals surface area (Å²) in [5.41, 5.74) is 6.37. The third-order valence-electron chi connectivity index (χ3n) is 15.3. The van der Waals surface area contributed by atoms with Gasteiger partial charge in [0.2, 0.25) is 29.5 Å². The van der Waals surface area contributed by atoms with E-state index in [1.165, 1.54) is 102 Å². The van der Waals surface area contributed by atoms with Gasteiger partial charge in [-0.2, -0.15) is 0 Å². The summed E-state index contributed by atoms with van der Waals surface area (Å²) in [4.78, 5) is 97.2. The summed E-state index contributed by atoms with van der Waals surface area (Å²) in [5, 5.41) is 45.4. The molecule has 3 atom stereocenters. The monoisotopic (exact) mass is 1190 g/mol. The molecule has 2 rings (SSSR count). The van der Waals surface area contributed by atoms with Crippen LogP contribution in [0.25, 0.3) is 0 Å². The third-order valence-corrected chi connectivity index (χ3v) is 15.3. The van der Waals surface area contributed by atoms with Gasteiger partial charge in [-0.1, -0.05) is 108 Å². The molecule has 0 saturated heterocycles. The molecule has 0 aromatic heterocycles. The molecule has 0 unspecified atom stereocenters. The van der Waals surface area contributed by atoms with Gasteiger partial charge in [-0.05, 0) is 114 Å². The second kappa shape index (κ2) is 49.9. The maximum atomic E-state index is 13.0. The topological polar surface area (TPSA) is 332 Å². The Labute approximate surface area is 500 Å². The Morgan fingerprint density at radius 2 is 1.04 bits per heavy atom. The number of ether oxygens (including phenoxy) is 4. The fraction of sp³-hybridized carbons (Fsp3) is 0.774. The van der Waals surface area contributed by atoms with Crippen LogP contribution in [0.5, 0.6) is 5.75 Å². The molecule has 5 amide bonds. The minimum absolute atomic E-state index is 0.000990. The molecule has 1 aromatic carbocycles. The second-order valence-corrected chi connectivity index (χ2v) is 22.4. The number of nitrogens with one attached hydrogen (secondary N) is 6. The number of Topliss-reactive ketones (excluding diaryl/α,β-unsaturated/α-hetero) is 1. The quantitative estimate of drug-likeness (QED) is 0.0333. The van der Waals surface area contributed by atoms with Crippen LogP contribution in [0.4, 0.5) is 0 Å². The molecule has 0 heterocycles. The molecule has 0 radical (unpaired) electrons. The number of likely N-dealkylation sites (N-methyl/N-ethyl adjacent to an activating group) is 1. The number of phenolic OH excluding ortho intramolecular Hbond substituents is 1. The average Bonchev–Trinajstić information content (AvgIpc) is 3.63. The summed E-state index contributed by atoms with van der Waals surface area (Å²) in [5.74, 6) is -4.05. The van der Waals surface area contributed by atoms with Crippen molar-refractivity contribution in [3.05, 3.63) is 29.8 Å². The first-order valence-corrected chi connectivity index (χ1v) is 31.5. The predicted molar refractivity (Wildman–Crippen MR) is 321 cm³/mol. The molecule has 84 heavy (non-hydrogen) atoms. The van der Waals surface area contributed by atoms with E-state index >= 15 is 0 Å². The molecule has 0 aliphatic heterocycles. The van der Waals surface area contributed by atoms with Crippen molar-refractivity contribution in [3.63, 3.8) is 0 Å². The number of amides is 5. The standard InChI is InChI=1S/C62H107N7O15/c1-64-53(55(71)44-51(60(63)77)43-48-25-29-52(70)30-26-48)21-18-20-34-66-57(73)46-83-41-40-82-38-36-68-58(74)47-84-42-39-81-37-35-67-56(72)32-31-54(62(79)80)69-61(78)50-27-23-49(24-28-50)45-65-33-19-16-14-12-10-8-6-4-2-3-5-7-9-11-13-15-17-22-59(75)76/h25-26,29-30,49-51,53-54,64-65,70H,2-24,27-28,31-47H2,1H3,(H2,63,77)(H,66,73)(H,67,72)(H,68,74)(H,69,78)(H,75,76)(H,79,80)/t49-,50-,51-,53+,54+/m1/s1. The van der Waals surface area contributed by atoms with Crippen LogP contribution in [0, 0.1) is 17.8 Å². The van der Waals surface area contributed by atoms with E-state index in [0.29, 0.717) is 44.6 Å². The number of aromatic hydroxyl groups is 1. The number of benzene rings is 1. The lowest BCUT2D eigenvalue weighted by Crippen LogP contribution is -2.45. The zero-order valence-electron chi connectivity index (χ0n) is 50.7. The van der Waals surface area contributed by atoms with Gasteiger partial charge in [-0.3, -0.25) is 33.6 Å². The van der Waals surface area contributed by atoms with E-state index in [1.807, 2.05) is 0 Å². The van der Waals surface area contributed by atoms with Crippen LogP contribution >= 0.6 is 0 Å². The molecule has 22 nitrogen and oxygen atoms in total. The molecule has 11 N–H and O–H groups in total. The Balaban J connectivity index is 1.35. The lowest BCUT2D eigenvalue weighted by atomic mass is 9.81. The van der Waals surface area contributed by atoms with Gasteiger partial charge in [0.15, 0.2) is 5.78 Å². The Morgan fingerprint density at radius 1 is 0.548 bits per heavy atom. The van der Waals surface area contributed by atoms with Crippen molar-refractivity contribution in [2.75, 3.05) is 92.6 Å². The van der Waals surface area contributed by atoms with Gasteiger partial charge in [-0.25, -0.2) is 4.79 Å². The van der Waals surface area contributed by atoms with Gasteiger partial charge in [0, 0.05) is 50.7 Å². The van der Waals surface area contributed by atoms with E-state index < -0.39 is 35.8 Å². The van der Waals surface area contributed by atoms with Gasteiger partial charge in [-0.15, -0.1) is 0 Å². The Kier molecular flexibility index (Phi) is 44.5. The fourth-order valence-electron chi connectivity index (χ4n) is 10.2. The molecule has 1 aromatic rings. The Bertz CT molecular complexity index is 1960. The Hall–Kier alpha value is -5.26. The highest BCUT2D eigenvalue weighted by Crippen LogP contribution is 2.29. The zero-order valence-corrected chi connectivity index (χ0v) is 50.7. The van der Waals surface area contributed by atoms with Crippen molar-refractivity contribution >= 4 is 47.3 Å². The van der Waals surface area contributed by atoms with Crippen LogP contribution < -0.4 is 37.6 Å². The van der Waals surface area contributed by atoms with Crippen LogP contribution in [0.1, 0.15) is 185 Å². The van der Waals surface area contributed by atoms with Crippen LogP contribution in [0.15, 0.2) is 24.3 Å². The molecule has 1 saturated carbocycles. The highest BCUT2D eigenvalue weighted by molar-refractivity contribution is 5.89. The van der Waals surface area contributed by atoms with E-state index in [0.717, 1.165) is 63.6 Å². The van der Waals surface area contributed by atoms with E-state index in [4.69, 9.17) is 29.8 Å². The van der Waals surface area contributed by atoms with Crippen LogP contribution in [0.2, 0.25) is 0 Å². The molecule has 0 bridgehead atoms. The second-order valence-electron chi connectivity index (χ2n) is 22.4. The average molecular weight is 1190 g/mol. The number of hydrogen-bond donors (Lipinski definition) is 10. The number of nitrogens with two attached hydrogens (primary N) is 1. The van der Waals surface area contributed by atoms with Gasteiger partial charge in [0.1, 0.15) is 25.0 Å². The molecule has 1 aliphatic rings. The number of ketones is 1. The first kappa shape index (κ1) is 74.8. The number of carbonyl (C=O) groups excluding carboxylic acids is 6. The van der Waals surface area contributed by atoms with E-state index in [2.05, 4.69) is 31.9 Å². The molecule has 1 aliphatic carbocycles. The first-order valence-electron chi connectivity index (χ1n) is 31.5. The summed E-state index contributed by atoms with van der Waals surface area (Å²) in [6.07, 6.45) is 26.7. The largest absolute Gasteiger partial charge is 0.508 e. The van der Waals surface area contributed by atoms with Crippen molar-refractivity contribution in [1.29, 1.82) is 0 Å². The third kappa shape index (κ3) is 40.9.